The summed E-state index contributed by atoms with van der Waals surface area (Å²) in [5, 5.41) is 0.608. The third kappa shape index (κ3) is 4.13. The predicted molar refractivity (Wildman–Crippen MR) is 56.5 cm³/mol. The molecule has 0 aliphatic heterocycles. The highest BCUT2D eigenvalue weighted by Crippen LogP contribution is 2.10. The summed E-state index contributed by atoms with van der Waals surface area (Å²) in [5.74, 6) is -1.04. The van der Waals surface area contributed by atoms with Gasteiger partial charge in [0.05, 0.1) is 6.42 Å². The zero-order valence-corrected chi connectivity index (χ0v) is 9.08. The molecule has 15 heavy (non-hydrogen) atoms. The van der Waals surface area contributed by atoms with Crippen molar-refractivity contribution in [3.8, 4) is 0 Å². The summed E-state index contributed by atoms with van der Waals surface area (Å²) >= 11 is 5.68. The number of hydrogen-bond donors (Lipinski definition) is 0. The molecular formula is C11H11ClO3. The molecule has 0 aliphatic carbocycles. The summed E-state index contributed by atoms with van der Waals surface area (Å²) in [5.41, 5.74) is 0.772. The van der Waals surface area contributed by atoms with Gasteiger partial charge in [0.1, 0.15) is 0 Å². The van der Waals surface area contributed by atoms with Crippen LogP contribution in [-0.4, -0.2) is 11.9 Å². The molecule has 1 aromatic rings. The Kier molecular flexibility index (Phi) is 4.31. The van der Waals surface area contributed by atoms with Gasteiger partial charge in [0.2, 0.25) is 0 Å². The van der Waals surface area contributed by atoms with Crippen molar-refractivity contribution in [2.75, 3.05) is 0 Å². The average Bonchev–Trinajstić information content (AvgIpc) is 2.21. The van der Waals surface area contributed by atoms with Crippen LogP contribution in [0.2, 0.25) is 5.02 Å². The van der Waals surface area contributed by atoms with Crippen molar-refractivity contribution in [2.45, 2.75) is 19.8 Å². The summed E-state index contributed by atoms with van der Waals surface area (Å²) in [6, 6.07) is 6.82. The van der Waals surface area contributed by atoms with Crippen LogP contribution in [0, 0.1) is 0 Å². The molecule has 80 valence electrons. The first-order chi connectivity index (χ1) is 7.11. The molecule has 4 heteroatoms. The maximum absolute atomic E-state index is 11.2. The van der Waals surface area contributed by atoms with Crippen molar-refractivity contribution in [1.29, 1.82) is 0 Å². The molecule has 0 bridgehead atoms. The monoisotopic (exact) mass is 226 g/mol. The van der Waals surface area contributed by atoms with Crippen molar-refractivity contribution in [3.63, 3.8) is 0 Å². The Balaban J connectivity index is 2.51. The van der Waals surface area contributed by atoms with Crippen LogP contribution in [0.5, 0.6) is 0 Å². The first-order valence-electron chi connectivity index (χ1n) is 4.59. The van der Waals surface area contributed by atoms with E-state index >= 15 is 0 Å². The van der Waals surface area contributed by atoms with Crippen molar-refractivity contribution in [1.82, 2.24) is 0 Å². The molecule has 3 nitrogen and oxygen atoms in total. The second-order valence-corrected chi connectivity index (χ2v) is 3.44. The van der Waals surface area contributed by atoms with Gasteiger partial charge in [-0.3, -0.25) is 9.59 Å². The quantitative estimate of drug-likeness (QED) is 0.587. The number of halogens is 1. The number of ether oxygens (including phenoxy) is 1. The molecule has 1 rings (SSSR count). The predicted octanol–water partition coefficient (Wildman–Crippen LogP) is 2.36. The number of benzene rings is 1. The first kappa shape index (κ1) is 11.7. The molecule has 0 spiro atoms. The molecule has 0 N–H and O–H groups in total. The Morgan fingerprint density at radius 3 is 2.33 bits per heavy atom. The lowest BCUT2D eigenvalue weighted by Gasteiger charge is -2.01. The molecule has 0 amide bonds. The highest BCUT2D eigenvalue weighted by Gasteiger charge is 2.08. The van der Waals surface area contributed by atoms with Crippen LogP contribution >= 0.6 is 11.6 Å². The zero-order chi connectivity index (χ0) is 11.3. The Morgan fingerprint density at radius 1 is 1.20 bits per heavy atom. The van der Waals surface area contributed by atoms with Gasteiger partial charge in [-0.25, -0.2) is 0 Å². The molecular weight excluding hydrogens is 216 g/mol. The van der Waals surface area contributed by atoms with E-state index in [9.17, 15) is 9.59 Å². The van der Waals surface area contributed by atoms with Crippen molar-refractivity contribution >= 4 is 23.5 Å². The summed E-state index contributed by atoms with van der Waals surface area (Å²) in [6.07, 6.45) is 0.287. The summed E-state index contributed by atoms with van der Waals surface area (Å²) in [6.45, 7) is 1.64. The number of esters is 2. The van der Waals surface area contributed by atoms with Gasteiger partial charge in [0.25, 0.3) is 0 Å². The molecule has 1 aromatic carbocycles. The Bertz CT molecular complexity index is 357. The van der Waals surface area contributed by atoms with E-state index in [0.717, 1.165) is 5.56 Å². The topological polar surface area (TPSA) is 43.4 Å². The van der Waals surface area contributed by atoms with Gasteiger partial charge in [-0.05, 0) is 17.7 Å². The van der Waals surface area contributed by atoms with E-state index in [-0.39, 0.29) is 12.8 Å². The van der Waals surface area contributed by atoms with Gasteiger partial charge in [-0.2, -0.15) is 0 Å². The van der Waals surface area contributed by atoms with Gasteiger partial charge in [0.15, 0.2) is 0 Å². The van der Waals surface area contributed by atoms with Gasteiger partial charge in [-0.15, -0.1) is 0 Å². The van der Waals surface area contributed by atoms with Crippen molar-refractivity contribution in [2.24, 2.45) is 0 Å². The van der Waals surface area contributed by atoms with Crippen molar-refractivity contribution < 1.29 is 14.3 Å². The van der Waals surface area contributed by atoms with Crippen LogP contribution in [0.25, 0.3) is 0 Å². The SMILES string of the molecule is CCC(=O)OC(=O)Cc1ccc(Cl)cc1. The van der Waals surface area contributed by atoms with Gasteiger partial charge in [0, 0.05) is 11.4 Å². The highest BCUT2D eigenvalue weighted by molar-refractivity contribution is 6.30. The third-order valence-electron chi connectivity index (χ3n) is 1.78. The minimum atomic E-state index is -0.538. The fourth-order valence-corrected chi connectivity index (χ4v) is 1.13. The maximum Gasteiger partial charge on any atom is 0.317 e. The van der Waals surface area contributed by atoms with E-state index in [1.807, 2.05) is 0 Å². The smallest absolute Gasteiger partial charge is 0.317 e. The molecule has 0 radical (unpaired) electrons. The first-order valence-corrected chi connectivity index (χ1v) is 4.97. The van der Waals surface area contributed by atoms with Gasteiger partial charge < -0.3 is 4.74 Å². The van der Waals surface area contributed by atoms with E-state index < -0.39 is 11.9 Å². The molecule has 0 aliphatic rings. The van der Waals surface area contributed by atoms with E-state index in [1.165, 1.54) is 0 Å². The number of carbonyl (C=O) groups is 2. The molecule has 0 unspecified atom stereocenters. The van der Waals surface area contributed by atoms with Gasteiger partial charge in [-0.1, -0.05) is 30.7 Å². The normalized spacial score (nSPS) is 9.73. The van der Waals surface area contributed by atoms with Crippen LogP contribution in [0.4, 0.5) is 0 Å². The standard InChI is InChI=1S/C11H11ClO3/c1-2-10(13)15-11(14)7-8-3-5-9(12)6-4-8/h3-6H,2,7H2,1H3. The number of hydrogen-bond acceptors (Lipinski definition) is 3. The van der Waals surface area contributed by atoms with Gasteiger partial charge >= 0.3 is 11.9 Å². The molecule has 0 atom stereocenters. The van der Waals surface area contributed by atoms with Crippen LogP contribution in [0.1, 0.15) is 18.9 Å². The molecule has 0 aromatic heterocycles. The summed E-state index contributed by atoms with van der Waals surface area (Å²) < 4.78 is 4.52. The Morgan fingerprint density at radius 2 is 1.80 bits per heavy atom. The fraction of sp³-hybridized carbons (Fsp3) is 0.273. The fourth-order valence-electron chi connectivity index (χ4n) is 1.00. The molecule has 0 fully saturated rings. The lowest BCUT2D eigenvalue weighted by atomic mass is 10.1. The van der Waals surface area contributed by atoms with Crippen LogP contribution < -0.4 is 0 Å². The third-order valence-corrected chi connectivity index (χ3v) is 2.03. The number of carbonyl (C=O) groups excluding carboxylic acids is 2. The molecule has 0 saturated heterocycles. The lowest BCUT2D eigenvalue weighted by Crippen LogP contribution is -2.13. The second-order valence-electron chi connectivity index (χ2n) is 3.00. The average molecular weight is 227 g/mol. The largest absolute Gasteiger partial charge is 0.393 e. The summed E-state index contributed by atoms with van der Waals surface area (Å²) in [7, 11) is 0. The summed E-state index contributed by atoms with van der Waals surface area (Å²) in [4.78, 5) is 22.0. The minimum Gasteiger partial charge on any atom is -0.393 e. The van der Waals surface area contributed by atoms with E-state index in [4.69, 9.17) is 11.6 Å². The molecule has 0 heterocycles. The molecule has 0 saturated carbocycles. The van der Waals surface area contributed by atoms with E-state index in [0.29, 0.717) is 5.02 Å². The highest BCUT2D eigenvalue weighted by atomic mass is 35.5. The second kappa shape index (κ2) is 5.51. The Labute approximate surface area is 93.0 Å². The lowest BCUT2D eigenvalue weighted by molar-refractivity contribution is -0.158. The zero-order valence-electron chi connectivity index (χ0n) is 8.33. The Hall–Kier alpha value is -1.35. The van der Waals surface area contributed by atoms with Crippen molar-refractivity contribution in [3.05, 3.63) is 34.9 Å². The van der Waals surface area contributed by atoms with Crippen LogP contribution in [-0.2, 0) is 20.7 Å². The van der Waals surface area contributed by atoms with E-state index in [1.54, 1.807) is 31.2 Å². The van der Waals surface area contributed by atoms with Crippen LogP contribution in [0.15, 0.2) is 24.3 Å². The van der Waals surface area contributed by atoms with E-state index in [2.05, 4.69) is 4.74 Å². The number of rotatable bonds is 3. The maximum atomic E-state index is 11.2. The minimum absolute atomic E-state index is 0.0862. The van der Waals surface area contributed by atoms with Crippen LogP contribution in [0.3, 0.4) is 0 Å².